The first-order valence-electron chi connectivity index (χ1n) is 4.39. The summed E-state index contributed by atoms with van der Waals surface area (Å²) in [6.45, 7) is 2.12. The van der Waals surface area contributed by atoms with Crippen LogP contribution in [-0.2, 0) is 6.42 Å². The molecule has 3 nitrogen and oxygen atoms in total. The lowest BCUT2D eigenvalue weighted by Gasteiger charge is -2.04. The monoisotopic (exact) mass is 164 g/mol. The summed E-state index contributed by atoms with van der Waals surface area (Å²) in [4.78, 5) is 18.2. The highest BCUT2D eigenvalue weighted by molar-refractivity contribution is 5.26. The summed E-state index contributed by atoms with van der Waals surface area (Å²) in [7, 11) is 0. The maximum Gasteiger partial charge on any atom is 0.254 e. The van der Waals surface area contributed by atoms with E-state index in [1.54, 1.807) is 0 Å². The summed E-state index contributed by atoms with van der Waals surface area (Å²) >= 11 is 0. The van der Waals surface area contributed by atoms with Gasteiger partial charge in [-0.15, -0.1) is 0 Å². The van der Waals surface area contributed by atoms with Crippen molar-refractivity contribution in [2.75, 3.05) is 0 Å². The number of aromatic amines is 1. The Morgan fingerprint density at radius 3 is 3.33 bits per heavy atom. The Balaban J connectivity index is 2.56. The number of aryl methyl sites for hydroxylation is 1. The summed E-state index contributed by atoms with van der Waals surface area (Å²) < 4.78 is 0. The quantitative estimate of drug-likeness (QED) is 0.678. The summed E-state index contributed by atoms with van der Waals surface area (Å²) in [5.74, 6) is 0.442. The van der Waals surface area contributed by atoms with E-state index < -0.39 is 0 Å². The predicted molar refractivity (Wildman–Crippen MR) is 46.2 cm³/mol. The molecule has 0 bridgehead atoms. The van der Waals surface area contributed by atoms with Crippen LogP contribution in [0.2, 0.25) is 0 Å². The molecule has 64 valence electrons. The molecule has 1 heterocycles. The summed E-state index contributed by atoms with van der Waals surface area (Å²) in [6.07, 6.45) is 4.60. The van der Waals surface area contributed by atoms with E-state index >= 15 is 0 Å². The molecule has 1 aromatic heterocycles. The molecule has 1 atom stereocenters. The van der Waals surface area contributed by atoms with Crippen molar-refractivity contribution in [1.82, 2.24) is 9.97 Å². The molecule has 1 aliphatic carbocycles. The highest BCUT2D eigenvalue weighted by Crippen LogP contribution is 2.30. The van der Waals surface area contributed by atoms with Crippen molar-refractivity contribution >= 4 is 0 Å². The lowest BCUT2D eigenvalue weighted by atomic mass is 10.0. The van der Waals surface area contributed by atoms with Crippen molar-refractivity contribution < 1.29 is 0 Å². The van der Waals surface area contributed by atoms with Crippen LogP contribution >= 0.6 is 0 Å². The van der Waals surface area contributed by atoms with E-state index in [0.29, 0.717) is 5.92 Å². The van der Waals surface area contributed by atoms with Crippen molar-refractivity contribution in [3.63, 3.8) is 0 Å². The first-order chi connectivity index (χ1) is 5.83. The molecule has 0 aromatic carbocycles. The Kier molecular flexibility index (Phi) is 1.71. The zero-order chi connectivity index (χ0) is 8.55. The number of aromatic nitrogens is 2. The van der Waals surface area contributed by atoms with Gasteiger partial charge < -0.3 is 4.98 Å². The van der Waals surface area contributed by atoms with Gasteiger partial charge in [-0.05, 0) is 25.2 Å². The number of hydrogen-bond donors (Lipinski definition) is 1. The van der Waals surface area contributed by atoms with Gasteiger partial charge in [0.05, 0.1) is 12.0 Å². The molecule has 1 unspecified atom stereocenters. The number of H-pyrrole nitrogens is 1. The van der Waals surface area contributed by atoms with Gasteiger partial charge in [0.15, 0.2) is 0 Å². The Hall–Kier alpha value is -1.12. The van der Waals surface area contributed by atoms with Crippen LogP contribution in [0.4, 0.5) is 0 Å². The highest BCUT2D eigenvalue weighted by atomic mass is 16.1. The van der Waals surface area contributed by atoms with Gasteiger partial charge in [0.2, 0.25) is 0 Å². The normalized spacial score (nSPS) is 20.9. The van der Waals surface area contributed by atoms with E-state index in [1.807, 2.05) is 0 Å². The molecule has 0 fully saturated rings. The third-order valence-corrected chi connectivity index (χ3v) is 2.60. The summed E-state index contributed by atoms with van der Waals surface area (Å²) in [6, 6.07) is 0. The first-order valence-corrected chi connectivity index (χ1v) is 4.39. The lowest BCUT2D eigenvalue weighted by molar-refractivity contribution is 0.651. The molecule has 0 spiro atoms. The molecule has 0 aliphatic heterocycles. The van der Waals surface area contributed by atoms with Crippen LogP contribution in [0.5, 0.6) is 0 Å². The molecule has 12 heavy (non-hydrogen) atoms. The molecule has 0 amide bonds. The van der Waals surface area contributed by atoms with Crippen LogP contribution < -0.4 is 5.56 Å². The molecular weight excluding hydrogens is 152 g/mol. The standard InChI is InChI=1S/C9H12N2O/c1-2-6-3-4-7-8(6)9(12)11-5-10-7/h5-6H,2-4H2,1H3,(H,10,11,12). The van der Waals surface area contributed by atoms with Gasteiger partial charge in [-0.3, -0.25) is 4.79 Å². The molecule has 1 aliphatic rings. The SMILES string of the molecule is CCC1CCc2nc[nH]c(=O)c21. The fourth-order valence-electron chi connectivity index (χ4n) is 1.93. The molecule has 0 saturated heterocycles. The number of fused-ring (bicyclic) bond motifs is 1. The number of nitrogens with one attached hydrogen (secondary N) is 1. The lowest BCUT2D eigenvalue weighted by Crippen LogP contribution is -2.14. The van der Waals surface area contributed by atoms with Crippen molar-refractivity contribution in [2.45, 2.75) is 32.1 Å². The Morgan fingerprint density at radius 2 is 2.58 bits per heavy atom. The number of rotatable bonds is 1. The highest BCUT2D eigenvalue weighted by Gasteiger charge is 2.24. The average molecular weight is 164 g/mol. The van der Waals surface area contributed by atoms with Crippen molar-refractivity contribution in [3.05, 3.63) is 27.9 Å². The minimum atomic E-state index is 0.0596. The Labute approximate surface area is 70.9 Å². The molecule has 0 saturated carbocycles. The Morgan fingerprint density at radius 1 is 1.75 bits per heavy atom. The second-order valence-electron chi connectivity index (χ2n) is 3.24. The maximum absolute atomic E-state index is 11.4. The van der Waals surface area contributed by atoms with E-state index in [2.05, 4.69) is 16.9 Å². The van der Waals surface area contributed by atoms with Crippen molar-refractivity contribution in [3.8, 4) is 0 Å². The van der Waals surface area contributed by atoms with E-state index in [4.69, 9.17) is 0 Å². The van der Waals surface area contributed by atoms with Crippen molar-refractivity contribution in [1.29, 1.82) is 0 Å². The average Bonchev–Trinajstić information content (AvgIpc) is 2.49. The Bertz CT molecular complexity index is 343. The maximum atomic E-state index is 11.4. The van der Waals surface area contributed by atoms with Crippen LogP contribution in [0.3, 0.4) is 0 Å². The second kappa shape index (κ2) is 2.73. The first kappa shape index (κ1) is 7.53. The number of nitrogens with zero attached hydrogens (tertiary/aromatic N) is 1. The van der Waals surface area contributed by atoms with Gasteiger partial charge in [-0.25, -0.2) is 4.98 Å². The minimum Gasteiger partial charge on any atom is -0.313 e. The van der Waals surface area contributed by atoms with E-state index in [0.717, 1.165) is 30.5 Å². The van der Waals surface area contributed by atoms with Crippen LogP contribution in [0.1, 0.15) is 36.9 Å². The molecule has 1 N–H and O–H groups in total. The summed E-state index contributed by atoms with van der Waals surface area (Å²) in [5.41, 5.74) is 2.00. The molecule has 3 heteroatoms. The van der Waals surface area contributed by atoms with E-state index in [9.17, 15) is 4.79 Å². The third kappa shape index (κ3) is 0.967. The van der Waals surface area contributed by atoms with Crippen LogP contribution in [0.25, 0.3) is 0 Å². The molecule has 1 aromatic rings. The van der Waals surface area contributed by atoms with Gasteiger partial charge >= 0.3 is 0 Å². The van der Waals surface area contributed by atoms with E-state index in [-0.39, 0.29) is 5.56 Å². The topological polar surface area (TPSA) is 45.8 Å². The van der Waals surface area contributed by atoms with Crippen LogP contribution in [-0.4, -0.2) is 9.97 Å². The van der Waals surface area contributed by atoms with Gasteiger partial charge in [0, 0.05) is 5.56 Å². The largest absolute Gasteiger partial charge is 0.313 e. The van der Waals surface area contributed by atoms with Gasteiger partial charge in [-0.2, -0.15) is 0 Å². The molecular formula is C9H12N2O. The fraction of sp³-hybridized carbons (Fsp3) is 0.556. The zero-order valence-electron chi connectivity index (χ0n) is 7.13. The van der Waals surface area contributed by atoms with Gasteiger partial charge in [0.25, 0.3) is 5.56 Å². The minimum absolute atomic E-state index is 0.0596. The van der Waals surface area contributed by atoms with E-state index in [1.165, 1.54) is 6.33 Å². The molecule has 0 radical (unpaired) electrons. The predicted octanol–water partition coefficient (Wildman–Crippen LogP) is 1.21. The van der Waals surface area contributed by atoms with Crippen LogP contribution in [0.15, 0.2) is 11.1 Å². The fourth-order valence-corrected chi connectivity index (χ4v) is 1.93. The second-order valence-corrected chi connectivity index (χ2v) is 3.24. The molecule has 2 rings (SSSR count). The number of hydrogen-bond acceptors (Lipinski definition) is 2. The van der Waals surface area contributed by atoms with Gasteiger partial charge in [-0.1, -0.05) is 6.92 Å². The van der Waals surface area contributed by atoms with Gasteiger partial charge in [0.1, 0.15) is 0 Å². The summed E-state index contributed by atoms with van der Waals surface area (Å²) in [5, 5.41) is 0. The third-order valence-electron chi connectivity index (χ3n) is 2.60. The van der Waals surface area contributed by atoms with Crippen LogP contribution in [0, 0.1) is 0 Å². The van der Waals surface area contributed by atoms with Crippen molar-refractivity contribution in [2.24, 2.45) is 0 Å². The smallest absolute Gasteiger partial charge is 0.254 e. The zero-order valence-corrected chi connectivity index (χ0v) is 7.13.